The third-order valence-electron chi connectivity index (χ3n) is 5.41. The van der Waals surface area contributed by atoms with E-state index in [0.29, 0.717) is 6.04 Å². The Balaban J connectivity index is 1.32. The minimum absolute atomic E-state index is 0.184. The molecular weight excluding hydrogens is 347 g/mol. The standard InChI is InChI=1S/C20H31FN4S/c1-22-20(23-12-15-26-19-8-6-16(21)7-9-19)24-17-10-13-25(14-11-17)18-4-2-3-5-18/h6-9,17-18H,2-5,10-15H2,1H3,(H2,22,23,24). The Kier molecular flexibility index (Phi) is 7.62. The summed E-state index contributed by atoms with van der Waals surface area (Å²) in [7, 11) is 1.83. The van der Waals surface area contributed by atoms with E-state index in [-0.39, 0.29) is 5.82 Å². The normalized spacial score (nSPS) is 20.5. The number of nitrogens with zero attached hydrogens (tertiary/aromatic N) is 2. The van der Waals surface area contributed by atoms with Crippen LogP contribution < -0.4 is 10.6 Å². The maximum atomic E-state index is 12.9. The summed E-state index contributed by atoms with van der Waals surface area (Å²) in [6.07, 6.45) is 8.01. The largest absolute Gasteiger partial charge is 0.356 e. The lowest BCUT2D eigenvalue weighted by Gasteiger charge is -2.36. The Morgan fingerprint density at radius 3 is 2.50 bits per heavy atom. The van der Waals surface area contributed by atoms with Crippen LogP contribution in [-0.4, -0.2) is 55.4 Å². The molecule has 0 bridgehead atoms. The van der Waals surface area contributed by atoms with Crippen LogP contribution in [0.25, 0.3) is 0 Å². The fourth-order valence-electron chi connectivity index (χ4n) is 3.94. The predicted octanol–water partition coefficient (Wildman–Crippen LogP) is 3.49. The number of benzene rings is 1. The van der Waals surface area contributed by atoms with Crippen molar-refractivity contribution in [3.63, 3.8) is 0 Å². The van der Waals surface area contributed by atoms with Crippen molar-refractivity contribution >= 4 is 17.7 Å². The van der Waals surface area contributed by atoms with Crippen molar-refractivity contribution in [3.05, 3.63) is 30.1 Å². The van der Waals surface area contributed by atoms with E-state index < -0.39 is 0 Å². The number of hydrogen-bond acceptors (Lipinski definition) is 3. The van der Waals surface area contributed by atoms with Gasteiger partial charge in [-0.3, -0.25) is 4.99 Å². The van der Waals surface area contributed by atoms with E-state index >= 15 is 0 Å². The number of halogens is 1. The summed E-state index contributed by atoms with van der Waals surface area (Å²) in [6.45, 7) is 3.25. The first-order valence-electron chi connectivity index (χ1n) is 9.84. The van der Waals surface area contributed by atoms with Gasteiger partial charge in [-0.2, -0.15) is 0 Å². The molecule has 1 aromatic carbocycles. The van der Waals surface area contributed by atoms with Crippen LogP contribution in [0.4, 0.5) is 4.39 Å². The Hall–Kier alpha value is -1.27. The number of hydrogen-bond donors (Lipinski definition) is 2. The molecule has 0 unspecified atom stereocenters. The van der Waals surface area contributed by atoms with E-state index in [1.54, 1.807) is 11.8 Å². The zero-order valence-electron chi connectivity index (χ0n) is 15.7. The lowest BCUT2D eigenvalue weighted by atomic mass is 10.0. The monoisotopic (exact) mass is 378 g/mol. The molecule has 1 aliphatic heterocycles. The van der Waals surface area contributed by atoms with Gasteiger partial charge in [-0.25, -0.2) is 4.39 Å². The molecule has 2 fully saturated rings. The number of rotatable bonds is 6. The summed E-state index contributed by atoms with van der Waals surface area (Å²) in [5.74, 6) is 1.63. The summed E-state index contributed by atoms with van der Waals surface area (Å²) in [5, 5.41) is 6.97. The minimum Gasteiger partial charge on any atom is -0.356 e. The smallest absolute Gasteiger partial charge is 0.191 e. The first kappa shape index (κ1) is 19.5. The molecule has 1 aliphatic carbocycles. The van der Waals surface area contributed by atoms with Crippen LogP contribution in [0.5, 0.6) is 0 Å². The summed E-state index contributed by atoms with van der Waals surface area (Å²) >= 11 is 1.72. The number of nitrogens with one attached hydrogen (secondary N) is 2. The fraction of sp³-hybridized carbons (Fsp3) is 0.650. The van der Waals surface area contributed by atoms with Crippen LogP contribution in [0, 0.1) is 5.82 Å². The van der Waals surface area contributed by atoms with Gasteiger partial charge >= 0.3 is 0 Å². The average molecular weight is 379 g/mol. The summed E-state index contributed by atoms with van der Waals surface area (Å²) in [6, 6.07) is 8.03. The number of thioether (sulfide) groups is 1. The average Bonchev–Trinajstić information content (AvgIpc) is 3.21. The third kappa shape index (κ3) is 5.88. The SMILES string of the molecule is CN=C(NCCSc1ccc(F)cc1)NC1CCN(C2CCCC2)CC1. The van der Waals surface area contributed by atoms with Crippen molar-refractivity contribution in [2.24, 2.45) is 4.99 Å². The van der Waals surface area contributed by atoms with Gasteiger partial charge in [0.2, 0.25) is 0 Å². The van der Waals surface area contributed by atoms with Crippen LogP contribution in [0.15, 0.2) is 34.2 Å². The number of aliphatic imine (C=N–C) groups is 1. The second-order valence-electron chi connectivity index (χ2n) is 7.19. The highest BCUT2D eigenvalue weighted by molar-refractivity contribution is 7.99. The lowest BCUT2D eigenvalue weighted by molar-refractivity contribution is 0.150. The van der Waals surface area contributed by atoms with E-state index in [2.05, 4.69) is 20.5 Å². The van der Waals surface area contributed by atoms with Crippen LogP contribution in [0.2, 0.25) is 0 Å². The highest BCUT2D eigenvalue weighted by Gasteiger charge is 2.27. The zero-order valence-corrected chi connectivity index (χ0v) is 16.5. The minimum atomic E-state index is -0.184. The summed E-state index contributed by atoms with van der Waals surface area (Å²) in [5.41, 5.74) is 0. The van der Waals surface area contributed by atoms with E-state index in [4.69, 9.17) is 0 Å². The van der Waals surface area contributed by atoms with Gasteiger partial charge in [-0.1, -0.05) is 12.8 Å². The molecule has 1 saturated heterocycles. The van der Waals surface area contributed by atoms with E-state index in [0.717, 1.165) is 29.2 Å². The summed E-state index contributed by atoms with van der Waals surface area (Å²) < 4.78 is 12.9. The van der Waals surface area contributed by atoms with E-state index in [9.17, 15) is 4.39 Å². The summed E-state index contributed by atoms with van der Waals surface area (Å²) in [4.78, 5) is 8.14. The van der Waals surface area contributed by atoms with Crippen molar-refractivity contribution in [2.45, 2.75) is 55.5 Å². The lowest BCUT2D eigenvalue weighted by Crippen LogP contribution is -2.50. The van der Waals surface area contributed by atoms with E-state index in [1.807, 2.05) is 19.2 Å². The molecule has 0 aromatic heterocycles. The fourth-order valence-corrected chi connectivity index (χ4v) is 4.70. The second kappa shape index (κ2) is 10.2. The molecule has 1 aromatic rings. The highest BCUT2D eigenvalue weighted by atomic mass is 32.2. The first-order chi connectivity index (χ1) is 12.7. The molecule has 2 aliphatic rings. The van der Waals surface area contributed by atoms with Crippen molar-refractivity contribution in [1.29, 1.82) is 0 Å². The molecule has 2 N–H and O–H groups in total. The molecule has 4 nitrogen and oxygen atoms in total. The molecule has 0 radical (unpaired) electrons. The van der Waals surface area contributed by atoms with Crippen molar-refractivity contribution < 1.29 is 4.39 Å². The highest BCUT2D eigenvalue weighted by Crippen LogP contribution is 2.26. The van der Waals surface area contributed by atoms with Gasteiger partial charge in [0.15, 0.2) is 5.96 Å². The van der Waals surface area contributed by atoms with Gasteiger partial charge in [0.05, 0.1) is 0 Å². The molecule has 6 heteroatoms. The van der Waals surface area contributed by atoms with Crippen molar-refractivity contribution in [3.8, 4) is 0 Å². The molecule has 0 atom stereocenters. The molecule has 1 saturated carbocycles. The third-order valence-corrected chi connectivity index (χ3v) is 6.43. The Labute approximate surface area is 161 Å². The van der Waals surface area contributed by atoms with Crippen LogP contribution >= 0.6 is 11.8 Å². The van der Waals surface area contributed by atoms with Crippen molar-refractivity contribution in [2.75, 3.05) is 32.4 Å². The van der Waals surface area contributed by atoms with Gasteiger partial charge in [0, 0.05) is 49.4 Å². The maximum absolute atomic E-state index is 12.9. The Morgan fingerprint density at radius 2 is 1.85 bits per heavy atom. The van der Waals surface area contributed by atoms with Gasteiger partial charge < -0.3 is 15.5 Å². The maximum Gasteiger partial charge on any atom is 0.191 e. The van der Waals surface area contributed by atoms with E-state index in [1.165, 1.54) is 63.7 Å². The molecule has 0 amide bonds. The van der Waals surface area contributed by atoms with Gasteiger partial charge in [-0.05, 0) is 49.9 Å². The molecule has 3 rings (SSSR count). The first-order valence-corrected chi connectivity index (χ1v) is 10.8. The van der Waals surface area contributed by atoms with Gasteiger partial charge in [-0.15, -0.1) is 11.8 Å². The molecule has 0 spiro atoms. The molecule has 144 valence electrons. The number of likely N-dealkylation sites (tertiary alicyclic amines) is 1. The van der Waals surface area contributed by atoms with Gasteiger partial charge in [0.25, 0.3) is 0 Å². The molecule has 1 heterocycles. The quantitative estimate of drug-likeness (QED) is 0.344. The topological polar surface area (TPSA) is 39.7 Å². The van der Waals surface area contributed by atoms with Crippen LogP contribution in [0.1, 0.15) is 38.5 Å². The second-order valence-corrected chi connectivity index (χ2v) is 8.36. The number of piperidine rings is 1. The van der Waals surface area contributed by atoms with Crippen molar-refractivity contribution in [1.82, 2.24) is 15.5 Å². The molecule has 26 heavy (non-hydrogen) atoms. The van der Waals surface area contributed by atoms with Crippen LogP contribution in [0.3, 0.4) is 0 Å². The van der Waals surface area contributed by atoms with Crippen LogP contribution in [-0.2, 0) is 0 Å². The zero-order chi connectivity index (χ0) is 18.2. The number of guanidine groups is 1. The Bertz CT molecular complexity index is 564. The van der Waals surface area contributed by atoms with Gasteiger partial charge in [0.1, 0.15) is 5.82 Å². The molecular formula is C20H31FN4S. The predicted molar refractivity (Wildman–Crippen MR) is 108 cm³/mol. The Morgan fingerprint density at radius 1 is 1.15 bits per heavy atom.